The third-order valence-corrected chi connectivity index (χ3v) is 4.21. The third kappa shape index (κ3) is 5.46. The summed E-state index contributed by atoms with van der Waals surface area (Å²) in [5.74, 6) is 0.946. The van der Waals surface area contributed by atoms with Gasteiger partial charge in [0.2, 0.25) is 5.91 Å². The lowest BCUT2D eigenvalue weighted by Crippen LogP contribution is -2.40. The Bertz CT molecular complexity index is 422. The van der Waals surface area contributed by atoms with Crippen molar-refractivity contribution in [3.8, 4) is 0 Å². The molecule has 1 amide bonds. The second-order valence-corrected chi connectivity index (χ2v) is 5.84. The van der Waals surface area contributed by atoms with Crippen LogP contribution in [0.15, 0.2) is 24.5 Å². The number of carbonyl (C=O) groups is 1. The molecular formula is C17H26N2O2. The number of pyridine rings is 1. The lowest BCUT2D eigenvalue weighted by Gasteiger charge is -2.33. The molecule has 1 atom stereocenters. The second-order valence-electron chi connectivity index (χ2n) is 5.84. The summed E-state index contributed by atoms with van der Waals surface area (Å²) < 4.78 is 5.11. The molecule has 1 saturated heterocycles. The van der Waals surface area contributed by atoms with Crippen LogP contribution in [-0.2, 0) is 16.0 Å². The molecule has 116 valence electrons. The first-order chi connectivity index (χ1) is 10.3. The Morgan fingerprint density at radius 2 is 2.24 bits per heavy atom. The molecule has 1 fully saturated rings. The fourth-order valence-corrected chi connectivity index (χ4v) is 3.00. The summed E-state index contributed by atoms with van der Waals surface area (Å²) in [5, 5.41) is 0. The van der Waals surface area contributed by atoms with E-state index in [9.17, 15) is 4.79 Å². The predicted molar refractivity (Wildman–Crippen MR) is 83.0 cm³/mol. The van der Waals surface area contributed by atoms with Crippen LogP contribution in [0.1, 0.15) is 37.7 Å². The molecule has 1 aliphatic heterocycles. The molecule has 0 N–H and O–H groups in total. The molecule has 0 aliphatic carbocycles. The Labute approximate surface area is 127 Å². The van der Waals surface area contributed by atoms with Crippen LogP contribution in [-0.4, -0.2) is 42.6 Å². The fourth-order valence-electron chi connectivity index (χ4n) is 3.00. The molecule has 1 aromatic heterocycles. The summed E-state index contributed by atoms with van der Waals surface area (Å²) in [6.07, 6.45) is 9.64. The zero-order chi connectivity index (χ0) is 14.9. The van der Waals surface area contributed by atoms with Crippen molar-refractivity contribution in [1.82, 2.24) is 9.88 Å². The first kappa shape index (κ1) is 16.0. The van der Waals surface area contributed by atoms with E-state index in [1.165, 1.54) is 18.4 Å². The highest BCUT2D eigenvalue weighted by molar-refractivity contribution is 5.76. The van der Waals surface area contributed by atoms with E-state index in [1.54, 1.807) is 19.5 Å². The molecule has 1 aromatic rings. The summed E-state index contributed by atoms with van der Waals surface area (Å²) in [7, 11) is 1.75. The van der Waals surface area contributed by atoms with E-state index in [-0.39, 0.29) is 0 Å². The van der Waals surface area contributed by atoms with E-state index < -0.39 is 0 Å². The van der Waals surface area contributed by atoms with Crippen LogP contribution in [0.3, 0.4) is 0 Å². The molecule has 0 spiro atoms. The third-order valence-electron chi connectivity index (χ3n) is 4.21. The highest BCUT2D eigenvalue weighted by Crippen LogP contribution is 2.21. The van der Waals surface area contributed by atoms with Gasteiger partial charge in [0.15, 0.2) is 0 Å². The molecule has 4 heteroatoms. The monoisotopic (exact) mass is 290 g/mol. The van der Waals surface area contributed by atoms with Gasteiger partial charge in [0, 0.05) is 45.6 Å². The Kier molecular flexibility index (Phi) is 6.67. The number of carbonyl (C=O) groups excluding carboxylic acids is 1. The Balaban J connectivity index is 1.74. The van der Waals surface area contributed by atoms with E-state index in [1.807, 2.05) is 12.1 Å². The zero-order valence-corrected chi connectivity index (χ0v) is 13.0. The van der Waals surface area contributed by atoms with Crippen molar-refractivity contribution < 1.29 is 9.53 Å². The van der Waals surface area contributed by atoms with Crippen molar-refractivity contribution in [2.24, 2.45) is 5.92 Å². The molecule has 1 aliphatic rings. The Morgan fingerprint density at radius 1 is 1.43 bits per heavy atom. The number of ether oxygens (including phenoxy) is 1. The number of nitrogens with zero attached hydrogens (tertiary/aromatic N) is 2. The van der Waals surface area contributed by atoms with Gasteiger partial charge in [-0.25, -0.2) is 0 Å². The maximum absolute atomic E-state index is 12.3. The average molecular weight is 290 g/mol. The van der Waals surface area contributed by atoms with Gasteiger partial charge >= 0.3 is 0 Å². The molecule has 0 bridgehead atoms. The predicted octanol–water partition coefficient (Wildman–Crippen LogP) is 2.68. The van der Waals surface area contributed by atoms with E-state index in [0.29, 0.717) is 18.2 Å². The topological polar surface area (TPSA) is 42.4 Å². The van der Waals surface area contributed by atoms with E-state index in [4.69, 9.17) is 4.74 Å². The normalized spacial score (nSPS) is 18.7. The standard InChI is InChI=1S/C17H26N2O2/c1-21-13-3-5-16-4-2-12-19(14-16)17(20)7-6-15-8-10-18-11-9-15/h8-11,16H,2-7,12-14H2,1H3/t16-/m0/s1. The fraction of sp³-hybridized carbons (Fsp3) is 0.647. The highest BCUT2D eigenvalue weighted by atomic mass is 16.5. The van der Waals surface area contributed by atoms with Gasteiger partial charge in [-0.15, -0.1) is 0 Å². The highest BCUT2D eigenvalue weighted by Gasteiger charge is 2.22. The van der Waals surface area contributed by atoms with Gasteiger partial charge < -0.3 is 9.64 Å². The van der Waals surface area contributed by atoms with Crippen LogP contribution in [0, 0.1) is 5.92 Å². The average Bonchev–Trinajstić information content (AvgIpc) is 2.54. The van der Waals surface area contributed by atoms with Crippen LogP contribution in [0.4, 0.5) is 0 Å². The maximum atomic E-state index is 12.3. The van der Waals surface area contributed by atoms with Gasteiger partial charge in [0.05, 0.1) is 0 Å². The van der Waals surface area contributed by atoms with E-state index in [0.717, 1.165) is 39.0 Å². The summed E-state index contributed by atoms with van der Waals surface area (Å²) in [6, 6.07) is 3.97. The van der Waals surface area contributed by atoms with Gasteiger partial charge in [-0.1, -0.05) is 0 Å². The van der Waals surface area contributed by atoms with Crippen molar-refractivity contribution in [2.75, 3.05) is 26.8 Å². The van der Waals surface area contributed by atoms with Crippen LogP contribution < -0.4 is 0 Å². The smallest absolute Gasteiger partial charge is 0.222 e. The van der Waals surface area contributed by atoms with Crippen LogP contribution in [0.5, 0.6) is 0 Å². The van der Waals surface area contributed by atoms with Crippen LogP contribution >= 0.6 is 0 Å². The summed E-state index contributed by atoms with van der Waals surface area (Å²) >= 11 is 0. The minimum Gasteiger partial charge on any atom is -0.385 e. The summed E-state index contributed by atoms with van der Waals surface area (Å²) in [6.45, 7) is 2.68. The number of amides is 1. The minimum atomic E-state index is 0.295. The lowest BCUT2D eigenvalue weighted by molar-refractivity contribution is -0.133. The number of aromatic nitrogens is 1. The molecular weight excluding hydrogens is 264 g/mol. The van der Waals surface area contributed by atoms with Crippen molar-refractivity contribution in [3.63, 3.8) is 0 Å². The number of hydrogen-bond acceptors (Lipinski definition) is 3. The van der Waals surface area contributed by atoms with Crippen molar-refractivity contribution in [2.45, 2.75) is 38.5 Å². The number of hydrogen-bond donors (Lipinski definition) is 0. The molecule has 21 heavy (non-hydrogen) atoms. The summed E-state index contributed by atoms with van der Waals surface area (Å²) in [4.78, 5) is 18.4. The second kappa shape index (κ2) is 8.78. The Morgan fingerprint density at radius 3 is 3.00 bits per heavy atom. The number of methoxy groups -OCH3 is 1. The Hall–Kier alpha value is -1.42. The summed E-state index contributed by atoms with van der Waals surface area (Å²) in [5.41, 5.74) is 1.19. The number of likely N-dealkylation sites (tertiary alicyclic amines) is 1. The zero-order valence-electron chi connectivity index (χ0n) is 13.0. The van der Waals surface area contributed by atoms with Gasteiger partial charge in [-0.2, -0.15) is 0 Å². The molecule has 0 radical (unpaired) electrons. The first-order valence-electron chi connectivity index (χ1n) is 7.95. The van der Waals surface area contributed by atoms with Crippen LogP contribution in [0.2, 0.25) is 0 Å². The van der Waals surface area contributed by atoms with Gasteiger partial charge in [0.25, 0.3) is 0 Å². The molecule has 0 unspecified atom stereocenters. The number of aryl methyl sites for hydroxylation is 1. The van der Waals surface area contributed by atoms with Crippen molar-refractivity contribution in [3.05, 3.63) is 30.1 Å². The van der Waals surface area contributed by atoms with Gasteiger partial charge in [-0.3, -0.25) is 9.78 Å². The quantitative estimate of drug-likeness (QED) is 0.725. The number of rotatable bonds is 7. The largest absolute Gasteiger partial charge is 0.385 e. The van der Waals surface area contributed by atoms with Crippen molar-refractivity contribution in [1.29, 1.82) is 0 Å². The minimum absolute atomic E-state index is 0.295. The van der Waals surface area contributed by atoms with Crippen molar-refractivity contribution >= 4 is 5.91 Å². The molecule has 2 heterocycles. The first-order valence-corrected chi connectivity index (χ1v) is 7.95. The molecule has 4 nitrogen and oxygen atoms in total. The van der Waals surface area contributed by atoms with E-state index in [2.05, 4.69) is 9.88 Å². The molecule has 0 saturated carbocycles. The number of piperidine rings is 1. The van der Waals surface area contributed by atoms with Gasteiger partial charge in [-0.05, 0) is 55.7 Å². The van der Waals surface area contributed by atoms with Gasteiger partial charge in [0.1, 0.15) is 0 Å². The lowest BCUT2D eigenvalue weighted by atomic mass is 9.93. The van der Waals surface area contributed by atoms with Crippen LogP contribution in [0.25, 0.3) is 0 Å². The molecule has 0 aromatic carbocycles. The molecule has 2 rings (SSSR count). The maximum Gasteiger partial charge on any atom is 0.222 e. The SMILES string of the molecule is COCCC[C@@H]1CCCN(C(=O)CCc2ccncc2)C1. The van der Waals surface area contributed by atoms with E-state index >= 15 is 0 Å².